The van der Waals surface area contributed by atoms with E-state index in [9.17, 15) is 19.8 Å². The molecule has 6 nitrogen and oxygen atoms in total. The van der Waals surface area contributed by atoms with Gasteiger partial charge in [-0.3, -0.25) is 9.59 Å². The summed E-state index contributed by atoms with van der Waals surface area (Å²) < 4.78 is 10.6. The minimum Gasteiger partial charge on any atom is -0.462 e. The SMILES string of the molecule is CCCCC/C=C\C[C@H](O)/C=C/C=C\C/C=C\CCCC(=O)O[C@@H](CO)COC(=O)CCCCCCCCCCCCCCCCC(C)CC. The number of allylic oxidation sites excluding steroid dienone is 6. The van der Waals surface area contributed by atoms with Gasteiger partial charge in [0.2, 0.25) is 0 Å². The summed E-state index contributed by atoms with van der Waals surface area (Å²) in [5.41, 5.74) is 0. The van der Waals surface area contributed by atoms with Gasteiger partial charge >= 0.3 is 11.9 Å². The molecule has 0 aliphatic heterocycles. The number of rotatable bonds is 36. The highest BCUT2D eigenvalue weighted by atomic mass is 16.6. The lowest BCUT2D eigenvalue weighted by atomic mass is 9.99. The molecule has 0 rings (SSSR count). The lowest BCUT2D eigenvalue weighted by Crippen LogP contribution is -2.28. The molecule has 1 unspecified atom stereocenters. The Bertz CT molecular complexity index is 876. The number of aliphatic hydroxyl groups excluding tert-OH is 2. The van der Waals surface area contributed by atoms with E-state index in [2.05, 4.69) is 32.9 Å². The van der Waals surface area contributed by atoms with Gasteiger partial charge in [-0.1, -0.05) is 179 Å². The Morgan fingerprint density at radius 1 is 0.640 bits per heavy atom. The molecule has 0 bridgehead atoms. The number of carbonyl (C=O) groups excluding carboxylic acids is 2. The molecule has 6 heteroatoms. The Balaban J connectivity index is 3.69. The van der Waals surface area contributed by atoms with E-state index in [1.165, 1.54) is 103 Å². The monoisotopic (exact) mass is 703 g/mol. The highest BCUT2D eigenvalue weighted by Gasteiger charge is 2.16. The van der Waals surface area contributed by atoms with E-state index in [1.54, 1.807) is 6.08 Å². The van der Waals surface area contributed by atoms with Gasteiger partial charge in [-0.2, -0.15) is 0 Å². The normalized spacial score (nSPS) is 13.9. The van der Waals surface area contributed by atoms with Crippen LogP contribution < -0.4 is 0 Å². The second-order valence-corrected chi connectivity index (χ2v) is 14.2. The summed E-state index contributed by atoms with van der Waals surface area (Å²) in [4.78, 5) is 24.3. The first-order valence-corrected chi connectivity index (χ1v) is 20.7. The highest BCUT2D eigenvalue weighted by molar-refractivity contribution is 5.70. The van der Waals surface area contributed by atoms with Gasteiger partial charge in [0.1, 0.15) is 6.61 Å². The summed E-state index contributed by atoms with van der Waals surface area (Å²) in [5.74, 6) is 0.202. The van der Waals surface area contributed by atoms with E-state index in [-0.39, 0.29) is 25.6 Å². The molecule has 0 amide bonds. The fourth-order valence-electron chi connectivity index (χ4n) is 5.67. The van der Waals surface area contributed by atoms with Gasteiger partial charge in [0.15, 0.2) is 6.10 Å². The second-order valence-electron chi connectivity index (χ2n) is 14.2. The Hall–Kier alpha value is -2.18. The van der Waals surface area contributed by atoms with Crippen molar-refractivity contribution < 1.29 is 29.3 Å². The third-order valence-electron chi connectivity index (χ3n) is 9.25. The lowest BCUT2D eigenvalue weighted by molar-refractivity contribution is -0.161. The molecule has 50 heavy (non-hydrogen) atoms. The molecule has 0 saturated heterocycles. The Labute approximate surface area is 308 Å². The zero-order valence-electron chi connectivity index (χ0n) is 32.7. The van der Waals surface area contributed by atoms with Gasteiger partial charge < -0.3 is 19.7 Å². The van der Waals surface area contributed by atoms with E-state index < -0.39 is 18.2 Å². The first kappa shape index (κ1) is 47.8. The van der Waals surface area contributed by atoms with Crippen LogP contribution in [0, 0.1) is 5.92 Å². The number of esters is 2. The van der Waals surface area contributed by atoms with Gasteiger partial charge in [0.05, 0.1) is 12.7 Å². The predicted molar refractivity (Wildman–Crippen MR) is 211 cm³/mol. The number of carbonyl (C=O) groups is 2. The Morgan fingerprint density at radius 3 is 1.84 bits per heavy atom. The average Bonchev–Trinajstić information content (AvgIpc) is 3.11. The van der Waals surface area contributed by atoms with Crippen LogP contribution in [0.5, 0.6) is 0 Å². The molecule has 0 spiro atoms. The zero-order valence-corrected chi connectivity index (χ0v) is 32.7. The summed E-state index contributed by atoms with van der Waals surface area (Å²) in [7, 11) is 0. The van der Waals surface area contributed by atoms with E-state index in [0.717, 1.165) is 44.4 Å². The van der Waals surface area contributed by atoms with Crippen molar-refractivity contribution in [3.63, 3.8) is 0 Å². The van der Waals surface area contributed by atoms with Crippen molar-refractivity contribution in [1.29, 1.82) is 0 Å². The molecule has 0 heterocycles. The van der Waals surface area contributed by atoms with Crippen LogP contribution in [-0.4, -0.2) is 47.6 Å². The molecule has 0 aliphatic rings. The third-order valence-corrected chi connectivity index (χ3v) is 9.25. The maximum atomic E-state index is 12.2. The summed E-state index contributed by atoms with van der Waals surface area (Å²) in [6, 6.07) is 0. The first-order chi connectivity index (χ1) is 24.4. The minimum absolute atomic E-state index is 0.104. The van der Waals surface area contributed by atoms with Crippen molar-refractivity contribution in [3.05, 3.63) is 48.6 Å². The molecule has 0 aliphatic carbocycles. The van der Waals surface area contributed by atoms with Gasteiger partial charge in [-0.15, -0.1) is 0 Å². The summed E-state index contributed by atoms with van der Waals surface area (Å²) in [6.45, 7) is 6.38. The van der Waals surface area contributed by atoms with Crippen molar-refractivity contribution in [3.8, 4) is 0 Å². The van der Waals surface area contributed by atoms with Crippen LogP contribution in [0.4, 0.5) is 0 Å². The van der Waals surface area contributed by atoms with Crippen LogP contribution in [0.1, 0.15) is 188 Å². The molecular weight excluding hydrogens is 624 g/mol. The number of hydrogen-bond donors (Lipinski definition) is 2. The number of hydrogen-bond acceptors (Lipinski definition) is 6. The molecule has 0 aromatic carbocycles. The molecular formula is C44H78O6. The van der Waals surface area contributed by atoms with E-state index in [4.69, 9.17) is 9.47 Å². The molecule has 290 valence electrons. The van der Waals surface area contributed by atoms with E-state index in [0.29, 0.717) is 19.3 Å². The van der Waals surface area contributed by atoms with Crippen LogP contribution in [0.15, 0.2) is 48.6 Å². The minimum atomic E-state index is -0.819. The molecule has 0 aromatic heterocycles. The Morgan fingerprint density at radius 2 is 1.22 bits per heavy atom. The predicted octanol–water partition coefficient (Wildman–Crippen LogP) is 11.8. The van der Waals surface area contributed by atoms with E-state index >= 15 is 0 Å². The van der Waals surface area contributed by atoms with Crippen LogP contribution in [0.3, 0.4) is 0 Å². The summed E-state index contributed by atoms with van der Waals surface area (Å²) in [5, 5.41) is 19.5. The number of ether oxygens (including phenoxy) is 2. The molecule has 3 atom stereocenters. The van der Waals surface area contributed by atoms with Crippen LogP contribution in [0.2, 0.25) is 0 Å². The maximum absolute atomic E-state index is 12.2. The third kappa shape index (κ3) is 35.6. The first-order valence-electron chi connectivity index (χ1n) is 20.7. The largest absolute Gasteiger partial charge is 0.462 e. The molecule has 0 aromatic rings. The van der Waals surface area contributed by atoms with Crippen molar-refractivity contribution >= 4 is 11.9 Å². The van der Waals surface area contributed by atoms with Crippen molar-refractivity contribution in [2.45, 2.75) is 200 Å². The quantitative estimate of drug-likeness (QED) is 0.0292. The fraction of sp³-hybridized carbons (Fsp3) is 0.773. The summed E-state index contributed by atoms with van der Waals surface area (Å²) in [6.07, 6.45) is 43.4. The maximum Gasteiger partial charge on any atom is 0.306 e. The molecule has 0 saturated carbocycles. The standard InChI is InChI=1S/C44H78O6/c1-4-6-7-8-24-29-34-41(46)35-30-25-20-17-18-22-27-32-37-44(48)50-42(38-45)39-49-43(47)36-31-26-21-16-14-12-10-9-11-13-15-19-23-28-33-40(3)5-2/h18,20,22,24-25,29-30,35,40-42,45-46H,4-17,19,21,23,26-28,31-34,36-39H2,1-3H3/b22-18-,25-20-,29-24-,35-30+/t40?,41-,42-/m0/s1. The lowest BCUT2D eigenvalue weighted by Gasteiger charge is -2.15. The second kappa shape index (κ2) is 38.1. The van der Waals surface area contributed by atoms with Crippen molar-refractivity contribution in [2.24, 2.45) is 5.92 Å². The fourth-order valence-corrected chi connectivity index (χ4v) is 5.67. The van der Waals surface area contributed by atoms with Crippen LogP contribution >= 0.6 is 0 Å². The summed E-state index contributed by atoms with van der Waals surface area (Å²) >= 11 is 0. The van der Waals surface area contributed by atoms with Crippen molar-refractivity contribution in [1.82, 2.24) is 0 Å². The average molecular weight is 703 g/mol. The van der Waals surface area contributed by atoms with E-state index in [1.807, 2.05) is 30.4 Å². The number of unbranched alkanes of at least 4 members (excludes halogenated alkanes) is 17. The molecule has 2 N–H and O–H groups in total. The topological polar surface area (TPSA) is 93.1 Å². The van der Waals surface area contributed by atoms with Gasteiger partial charge in [0, 0.05) is 12.8 Å². The number of aliphatic hydroxyl groups is 2. The van der Waals surface area contributed by atoms with Gasteiger partial charge in [-0.05, 0) is 50.9 Å². The Kier molecular flexibility index (Phi) is 36.4. The van der Waals surface area contributed by atoms with Crippen molar-refractivity contribution in [2.75, 3.05) is 13.2 Å². The molecule has 0 radical (unpaired) electrons. The van der Waals surface area contributed by atoms with Crippen LogP contribution in [-0.2, 0) is 19.1 Å². The zero-order chi connectivity index (χ0) is 36.8. The van der Waals surface area contributed by atoms with Crippen LogP contribution in [0.25, 0.3) is 0 Å². The van der Waals surface area contributed by atoms with Gasteiger partial charge in [-0.25, -0.2) is 0 Å². The molecule has 0 fully saturated rings. The highest BCUT2D eigenvalue weighted by Crippen LogP contribution is 2.16. The smallest absolute Gasteiger partial charge is 0.306 e. The van der Waals surface area contributed by atoms with Gasteiger partial charge in [0.25, 0.3) is 0 Å².